The van der Waals surface area contributed by atoms with Crippen LogP contribution in [0.25, 0.3) is 0 Å². The summed E-state index contributed by atoms with van der Waals surface area (Å²) >= 11 is 0. The van der Waals surface area contributed by atoms with E-state index in [1.165, 1.54) is 0 Å². The first-order chi connectivity index (χ1) is 8.54. The van der Waals surface area contributed by atoms with E-state index in [0.717, 1.165) is 7.05 Å². The molecule has 0 radical (unpaired) electrons. The maximum atomic E-state index is 9.37. The van der Waals surface area contributed by atoms with Crippen molar-refractivity contribution in [3.05, 3.63) is 10.1 Å². The fourth-order valence-corrected chi connectivity index (χ4v) is 0. The Morgan fingerprint density at radius 2 is 0.895 bits per heavy atom. The molecule has 19 heavy (non-hydrogen) atoms. The van der Waals surface area contributed by atoms with Crippen molar-refractivity contribution in [3.8, 4) is 0 Å². The number of rotatable bonds is 3. The van der Waals surface area contributed by atoms with Gasteiger partial charge in [-0.1, -0.05) is 20.8 Å². The molecule has 0 aliphatic carbocycles. The molecule has 3 N–H and O–H groups in total. The number of aliphatic carboxylic acids is 3. The summed E-state index contributed by atoms with van der Waals surface area (Å²) in [6.07, 6.45) is 0.667. The molecular weight excluding hydrogens is 262 g/mol. The molecule has 0 aromatic heterocycles. The summed E-state index contributed by atoms with van der Waals surface area (Å²) in [6.45, 7) is 4.80. The van der Waals surface area contributed by atoms with Gasteiger partial charge in [-0.05, 0) is 0 Å². The van der Waals surface area contributed by atoms with Crippen LogP contribution in [-0.4, -0.2) is 45.2 Å². The summed E-state index contributed by atoms with van der Waals surface area (Å²) in [7, 11) is 0.889. The van der Waals surface area contributed by atoms with Crippen molar-refractivity contribution in [1.29, 1.82) is 0 Å². The predicted octanol–water partition coefficient (Wildman–Crippen LogP) is 1.34. The fraction of sp³-hybridized carbons (Fsp3) is 0.700. The van der Waals surface area contributed by atoms with E-state index in [1.54, 1.807) is 20.8 Å². The molecule has 0 atom stereocenters. The van der Waals surface area contributed by atoms with E-state index in [1.807, 2.05) is 0 Å². The van der Waals surface area contributed by atoms with Crippen LogP contribution in [0.1, 0.15) is 40.0 Å². The molecule has 114 valence electrons. The number of hydrogen-bond donors (Lipinski definition) is 3. The van der Waals surface area contributed by atoms with Crippen molar-refractivity contribution in [1.82, 2.24) is 0 Å². The summed E-state index contributed by atoms with van der Waals surface area (Å²) in [5.41, 5.74) is 0. The number of carboxylic acids is 3. The maximum Gasteiger partial charge on any atom is 0.303 e. The monoisotopic (exact) mass is 283 g/mol. The summed E-state index contributed by atoms with van der Waals surface area (Å²) in [4.78, 5) is 36.4. The highest BCUT2D eigenvalue weighted by Gasteiger charge is 1.81. The van der Waals surface area contributed by atoms with Gasteiger partial charge in [0.2, 0.25) is 0 Å². The highest BCUT2D eigenvalue weighted by Crippen LogP contribution is 1.68. The van der Waals surface area contributed by atoms with Crippen LogP contribution < -0.4 is 0 Å². The standard InChI is InChI=1S/3C3H6O2.CH3NO2/c3*1-2-3(4)5;1-2(3)4/h3*2H2,1H3,(H,4,5);1H3. The highest BCUT2D eigenvalue weighted by atomic mass is 16.6. The molecule has 0 saturated heterocycles. The van der Waals surface area contributed by atoms with E-state index in [-0.39, 0.29) is 19.3 Å². The van der Waals surface area contributed by atoms with Gasteiger partial charge in [0.25, 0.3) is 0 Å². The van der Waals surface area contributed by atoms with Gasteiger partial charge in [0.15, 0.2) is 7.05 Å². The fourth-order valence-electron chi connectivity index (χ4n) is 0. The van der Waals surface area contributed by atoms with E-state index < -0.39 is 22.8 Å². The zero-order valence-corrected chi connectivity index (χ0v) is 11.5. The first kappa shape index (κ1) is 25.6. The van der Waals surface area contributed by atoms with Crippen LogP contribution in [0.3, 0.4) is 0 Å². The Kier molecular flexibility index (Phi) is 28.5. The maximum absolute atomic E-state index is 9.37. The third-order valence-corrected chi connectivity index (χ3v) is 0.907. The lowest BCUT2D eigenvalue weighted by atomic mass is 10.5. The van der Waals surface area contributed by atoms with Crippen LogP contribution in [0.2, 0.25) is 0 Å². The van der Waals surface area contributed by atoms with E-state index in [0.29, 0.717) is 0 Å². The van der Waals surface area contributed by atoms with Crippen molar-refractivity contribution >= 4 is 17.9 Å². The molecule has 0 amide bonds. The molecule has 9 heteroatoms. The van der Waals surface area contributed by atoms with E-state index in [2.05, 4.69) is 0 Å². The molecule has 0 rings (SSSR count). The normalized spacial score (nSPS) is 7.16. The van der Waals surface area contributed by atoms with Crippen LogP contribution >= 0.6 is 0 Å². The lowest BCUT2D eigenvalue weighted by molar-refractivity contribution is -0.445. The minimum Gasteiger partial charge on any atom is -0.481 e. The second-order valence-corrected chi connectivity index (χ2v) is 2.68. The quantitative estimate of drug-likeness (QED) is 0.517. The van der Waals surface area contributed by atoms with Gasteiger partial charge in [-0.2, -0.15) is 0 Å². The van der Waals surface area contributed by atoms with E-state index in [4.69, 9.17) is 25.4 Å². The molecule has 0 unspecified atom stereocenters. The van der Waals surface area contributed by atoms with Gasteiger partial charge >= 0.3 is 17.9 Å². The minimum absolute atomic E-state index is 0.222. The second kappa shape index (κ2) is 21.1. The summed E-state index contributed by atoms with van der Waals surface area (Å²) < 4.78 is 0. The summed E-state index contributed by atoms with van der Waals surface area (Å²) in [5, 5.41) is 32.0. The first-order valence-corrected chi connectivity index (χ1v) is 5.28. The van der Waals surface area contributed by atoms with Gasteiger partial charge in [-0.25, -0.2) is 0 Å². The number of nitro groups is 1. The smallest absolute Gasteiger partial charge is 0.303 e. The third kappa shape index (κ3) is 208. The zero-order valence-electron chi connectivity index (χ0n) is 11.5. The number of carbonyl (C=O) groups is 3. The summed E-state index contributed by atoms with van der Waals surface area (Å²) in [5.74, 6) is -2.24. The van der Waals surface area contributed by atoms with Crippen molar-refractivity contribution < 1.29 is 34.6 Å². The molecule has 0 aliphatic rings. The van der Waals surface area contributed by atoms with Gasteiger partial charge in [0, 0.05) is 24.2 Å². The predicted molar refractivity (Wildman–Crippen MR) is 66.7 cm³/mol. The second-order valence-electron chi connectivity index (χ2n) is 2.68. The van der Waals surface area contributed by atoms with Gasteiger partial charge in [-0.3, -0.25) is 24.5 Å². The van der Waals surface area contributed by atoms with Crippen molar-refractivity contribution in [2.75, 3.05) is 7.05 Å². The average molecular weight is 283 g/mol. The lowest BCUT2D eigenvalue weighted by Gasteiger charge is -1.71. The van der Waals surface area contributed by atoms with Crippen molar-refractivity contribution in [2.45, 2.75) is 40.0 Å². The molecule has 0 fully saturated rings. The topological polar surface area (TPSA) is 155 Å². The number of nitrogens with zero attached hydrogens (tertiary/aromatic N) is 1. The third-order valence-electron chi connectivity index (χ3n) is 0.907. The Balaban J connectivity index is -0.0000000793. The van der Waals surface area contributed by atoms with E-state index >= 15 is 0 Å². The molecule has 0 saturated carbocycles. The van der Waals surface area contributed by atoms with Crippen LogP contribution in [0.15, 0.2) is 0 Å². The van der Waals surface area contributed by atoms with Gasteiger partial charge in [0.05, 0.1) is 0 Å². The lowest BCUT2D eigenvalue weighted by Crippen LogP contribution is -1.86. The molecule has 0 aromatic carbocycles. The molecule has 9 nitrogen and oxygen atoms in total. The summed E-state index contributed by atoms with van der Waals surface area (Å²) in [6, 6.07) is 0. The Labute approximate surface area is 111 Å². The van der Waals surface area contributed by atoms with Gasteiger partial charge in [0.1, 0.15) is 0 Å². The Hall–Kier alpha value is -2.19. The van der Waals surface area contributed by atoms with Crippen LogP contribution in [0, 0.1) is 10.1 Å². The molecule has 0 aliphatic heterocycles. The molecule has 0 aromatic rings. The van der Waals surface area contributed by atoms with Crippen molar-refractivity contribution in [2.24, 2.45) is 0 Å². The number of carboxylic acid groups (broad SMARTS) is 3. The average Bonchev–Trinajstić information content (AvgIpc) is 2.29. The Bertz CT molecular complexity index is 227. The largest absolute Gasteiger partial charge is 0.481 e. The van der Waals surface area contributed by atoms with Crippen LogP contribution in [0.4, 0.5) is 0 Å². The first-order valence-electron chi connectivity index (χ1n) is 5.28. The highest BCUT2D eigenvalue weighted by molar-refractivity contribution is 5.66. The van der Waals surface area contributed by atoms with Crippen LogP contribution in [-0.2, 0) is 14.4 Å². The van der Waals surface area contributed by atoms with Crippen LogP contribution in [0.5, 0.6) is 0 Å². The molecule has 0 bridgehead atoms. The zero-order chi connectivity index (χ0) is 16.4. The number of hydrogen-bond acceptors (Lipinski definition) is 5. The molecule has 0 heterocycles. The molecular formula is C10H21NO8. The SMILES string of the molecule is CCC(=O)O.CCC(=O)O.CCC(=O)O.C[N+](=O)[O-]. The van der Waals surface area contributed by atoms with E-state index in [9.17, 15) is 14.4 Å². The Morgan fingerprint density at radius 1 is 0.842 bits per heavy atom. The molecule has 0 spiro atoms. The van der Waals surface area contributed by atoms with Gasteiger partial charge < -0.3 is 15.3 Å². The Morgan fingerprint density at radius 3 is 0.895 bits per heavy atom. The van der Waals surface area contributed by atoms with Crippen molar-refractivity contribution in [3.63, 3.8) is 0 Å². The van der Waals surface area contributed by atoms with Gasteiger partial charge in [-0.15, -0.1) is 0 Å². The minimum atomic E-state index is -0.745.